The van der Waals surface area contributed by atoms with Gasteiger partial charge in [0.25, 0.3) is 5.91 Å². The molecule has 0 bridgehead atoms. The summed E-state index contributed by atoms with van der Waals surface area (Å²) in [7, 11) is 3.99. The average Bonchev–Trinajstić information content (AvgIpc) is 2.62. The minimum absolute atomic E-state index is 0.0230. The predicted molar refractivity (Wildman–Crippen MR) is 105 cm³/mol. The number of hydrogen-bond acceptors (Lipinski definition) is 3. The van der Waals surface area contributed by atoms with Crippen LogP contribution in [-0.2, 0) is 0 Å². The van der Waals surface area contributed by atoms with E-state index in [9.17, 15) is 4.79 Å². The van der Waals surface area contributed by atoms with Crippen molar-refractivity contribution in [3.8, 4) is 0 Å². The lowest BCUT2D eigenvalue weighted by Gasteiger charge is -2.13. The Morgan fingerprint density at radius 2 is 1.60 bits per heavy atom. The number of benzene rings is 3. The highest BCUT2D eigenvalue weighted by Gasteiger charge is 2.12. The molecule has 0 fully saturated rings. The summed E-state index contributed by atoms with van der Waals surface area (Å²) in [6, 6.07) is 22.4. The molecule has 0 aliphatic heterocycles. The van der Waals surface area contributed by atoms with Gasteiger partial charge in [0.15, 0.2) is 0 Å². The first-order valence-corrected chi connectivity index (χ1v) is 9.14. The molecule has 25 heavy (non-hydrogen) atoms. The summed E-state index contributed by atoms with van der Waals surface area (Å²) in [5.74, 6) is -0.0230. The van der Waals surface area contributed by atoms with Crippen molar-refractivity contribution in [2.24, 2.45) is 0 Å². The molecule has 0 atom stereocenters. The third kappa shape index (κ3) is 4.41. The Balaban J connectivity index is 1.84. The summed E-state index contributed by atoms with van der Waals surface area (Å²) in [5.41, 5.74) is 0.721. The number of carbonyl (C=O) groups excluding carboxylic acids is 1. The number of nitrogens with zero attached hydrogens (tertiary/aromatic N) is 1. The number of nitrogens with one attached hydrogen (secondary N) is 1. The monoisotopic (exact) mass is 350 g/mol. The van der Waals surface area contributed by atoms with Gasteiger partial charge in [-0.15, -0.1) is 0 Å². The second-order valence-corrected chi connectivity index (χ2v) is 7.22. The van der Waals surface area contributed by atoms with Crippen molar-refractivity contribution in [1.82, 2.24) is 10.2 Å². The summed E-state index contributed by atoms with van der Waals surface area (Å²) < 4.78 is 0. The van der Waals surface area contributed by atoms with Gasteiger partial charge in [-0.3, -0.25) is 4.79 Å². The van der Waals surface area contributed by atoms with Crippen LogP contribution in [0.15, 0.2) is 76.5 Å². The van der Waals surface area contributed by atoms with Crippen molar-refractivity contribution in [2.45, 2.75) is 9.79 Å². The van der Waals surface area contributed by atoms with Gasteiger partial charge < -0.3 is 10.2 Å². The van der Waals surface area contributed by atoms with E-state index in [0.29, 0.717) is 6.54 Å². The quantitative estimate of drug-likeness (QED) is 0.720. The van der Waals surface area contributed by atoms with E-state index in [1.165, 1.54) is 10.8 Å². The fourth-order valence-corrected chi connectivity index (χ4v) is 3.73. The Morgan fingerprint density at radius 3 is 2.44 bits per heavy atom. The van der Waals surface area contributed by atoms with Crippen molar-refractivity contribution in [3.63, 3.8) is 0 Å². The van der Waals surface area contributed by atoms with Crippen LogP contribution in [0.25, 0.3) is 10.8 Å². The second kappa shape index (κ2) is 8.19. The van der Waals surface area contributed by atoms with Crippen LogP contribution in [-0.4, -0.2) is 38.0 Å². The molecule has 4 heteroatoms. The summed E-state index contributed by atoms with van der Waals surface area (Å²) in [5, 5.41) is 5.41. The van der Waals surface area contributed by atoms with E-state index in [4.69, 9.17) is 0 Å². The standard InChI is InChI=1S/C21H22N2OS/c1-23(2)15-14-22-21(24)18-11-5-6-12-20(18)25-19-13-7-9-16-8-3-4-10-17(16)19/h3-13H,14-15H2,1-2H3,(H,22,24). The molecule has 0 unspecified atom stereocenters. The number of fused-ring (bicyclic) bond motifs is 1. The first kappa shape index (κ1) is 17.5. The zero-order valence-electron chi connectivity index (χ0n) is 14.5. The zero-order valence-corrected chi connectivity index (χ0v) is 15.3. The normalized spacial score (nSPS) is 11.0. The van der Waals surface area contributed by atoms with Crippen LogP contribution in [0.3, 0.4) is 0 Å². The molecule has 0 aliphatic rings. The van der Waals surface area contributed by atoms with E-state index in [1.807, 2.05) is 50.5 Å². The van der Waals surface area contributed by atoms with Gasteiger partial charge in [0.1, 0.15) is 0 Å². The van der Waals surface area contributed by atoms with Crippen LogP contribution in [0.5, 0.6) is 0 Å². The largest absolute Gasteiger partial charge is 0.351 e. The number of carbonyl (C=O) groups is 1. The Labute approximate surface area is 153 Å². The van der Waals surface area contributed by atoms with E-state index < -0.39 is 0 Å². The highest BCUT2D eigenvalue weighted by molar-refractivity contribution is 7.99. The van der Waals surface area contributed by atoms with E-state index >= 15 is 0 Å². The number of likely N-dealkylation sites (N-methyl/N-ethyl adjacent to an activating group) is 1. The van der Waals surface area contributed by atoms with Gasteiger partial charge in [0.05, 0.1) is 5.56 Å². The van der Waals surface area contributed by atoms with Crippen LogP contribution in [0.4, 0.5) is 0 Å². The maximum atomic E-state index is 12.6. The topological polar surface area (TPSA) is 32.3 Å². The third-order valence-corrected chi connectivity index (χ3v) is 5.10. The number of amides is 1. The Morgan fingerprint density at radius 1 is 0.920 bits per heavy atom. The Kier molecular flexibility index (Phi) is 5.74. The fraction of sp³-hybridized carbons (Fsp3) is 0.190. The smallest absolute Gasteiger partial charge is 0.252 e. The first-order chi connectivity index (χ1) is 12.1. The van der Waals surface area contributed by atoms with E-state index in [2.05, 4.69) is 40.5 Å². The minimum atomic E-state index is -0.0230. The Bertz CT molecular complexity index is 871. The Hall–Kier alpha value is -2.30. The summed E-state index contributed by atoms with van der Waals surface area (Å²) in [6.45, 7) is 1.46. The van der Waals surface area contributed by atoms with Crippen LogP contribution in [0.2, 0.25) is 0 Å². The highest BCUT2D eigenvalue weighted by Crippen LogP contribution is 2.35. The number of rotatable bonds is 6. The summed E-state index contributed by atoms with van der Waals surface area (Å²) in [4.78, 5) is 16.7. The molecule has 0 spiro atoms. The van der Waals surface area contributed by atoms with Gasteiger partial charge in [-0.2, -0.15) is 0 Å². The molecule has 3 rings (SSSR count). The van der Waals surface area contributed by atoms with Crippen molar-refractivity contribution in [1.29, 1.82) is 0 Å². The SMILES string of the molecule is CN(C)CCNC(=O)c1ccccc1Sc1cccc2ccccc12. The van der Waals surface area contributed by atoms with E-state index in [1.54, 1.807) is 11.8 Å². The van der Waals surface area contributed by atoms with Crippen LogP contribution in [0, 0.1) is 0 Å². The van der Waals surface area contributed by atoms with Crippen LogP contribution < -0.4 is 5.32 Å². The van der Waals surface area contributed by atoms with Gasteiger partial charge in [-0.05, 0) is 43.1 Å². The van der Waals surface area contributed by atoms with Gasteiger partial charge in [0.2, 0.25) is 0 Å². The molecule has 0 aliphatic carbocycles. The molecule has 0 aromatic heterocycles. The van der Waals surface area contributed by atoms with Crippen molar-refractivity contribution in [2.75, 3.05) is 27.2 Å². The lowest BCUT2D eigenvalue weighted by molar-refractivity contribution is 0.0948. The van der Waals surface area contributed by atoms with Crippen molar-refractivity contribution < 1.29 is 4.79 Å². The molecule has 0 radical (unpaired) electrons. The van der Waals surface area contributed by atoms with Crippen molar-refractivity contribution in [3.05, 3.63) is 72.3 Å². The zero-order chi connectivity index (χ0) is 17.6. The lowest BCUT2D eigenvalue weighted by atomic mass is 10.1. The molecule has 3 aromatic carbocycles. The molecule has 0 saturated carbocycles. The maximum Gasteiger partial charge on any atom is 0.252 e. The highest BCUT2D eigenvalue weighted by atomic mass is 32.2. The average molecular weight is 350 g/mol. The van der Waals surface area contributed by atoms with Gasteiger partial charge in [-0.1, -0.05) is 60.3 Å². The molecule has 128 valence electrons. The molecule has 1 N–H and O–H groups in total. The third-order valence-electron chi connectivity index (χ3n) is 3.95. The predicted octanol–water partition coefficient (Wildman–Crippen LogP) is 4.28. The summed E-state index contributed by atoms with van der Waals surface area (Å²) >= 11 is 1.64. The van der Waals surface area contributed by atoms with Gasteiger partial charge in [0, 0.05) is 22.9 Å². The van der Waals surface area contributed by atoms with Crippen molar-refractivity contribution >= 4 is 28.4 Å². The molecule has 0 heterocycles. The molecule has 3 nitrogen and oxygen atoms in total. The minimum Gasteiger partial charge on any atom is -0.351 e. The van der Waals surface area contributed by atoms with E-state index in [0.717, 1.165) is 21.9 Å². The molecule has 0 saturated heterocycles. The second-order valence-electron chi connectivity index (χ2n) is 6.13. The van der Waals surface area contributed by atoms with Gasteiger partial charge >= 0.3 is 0 Å². The molecular formula is C21H22N2OS. The first-order valence-electron chi connectivity index (χ1n) is 8.33. The number of hydrogen-bond donors (Lipinski definition) is 1. The molecular weight excluding hydrogens is 328 g/mol. The lowest BCUT2D eigenvalue weighted by Crippen LogP contribution is -2.31. The maximum absolute atomic E-state index is 12.6. The molecule has 3 aromatic rings. The van der Waals surface area contributed by atoms with Crippen LogP contribution in [0.1, 0.15) is 10.4 Å². The fourth-order valence-electron chi connectivity index (χ4n) is 2.63. The van der Waals surface area contributed by atoms with Gasteiger partial charge in [-0.25, -0.2) is 0 Å². The van der Waals surface area contributed by atoms with Crippen LogP contribution >= 0.6 is 11.8 Å². The molecule has 1 amide bonds. The summed E-state index contributed by atoms with van der Waals surface area (Å²) in [6.07, 6.45) is 0. The van der Waals surface area contributed by atoms with E-state index in [-0.39, 0.29) is 5.91 Å².